The number of carbonyl (C=O) groups is 2. The third-order valence-electron chi connectivity index (χ3n) is 5.68. The average molecular weight is 443 g/mol. The van der Waals surface area contributed by atoms with E-state index in [-0.39, 0.29) is 12.3 Å². The van der Waals surface area contributed by atoms with Crippen LogP contribution in [0.5, 0.6) is 0 Å². The van der Waals surface area contributed by atoms with Crippen molar-refractivity contribution in [2.45, 2.75) is 24.8 Å². The van der Waals surface area contributed by atoms with Crippen molar-refractivity contribution < 1.29 is 14.7 Å². The summed E-state index contributed by atoms with van der Waals surface area (Å²) in [4.78, 5) is 27.0. The molecule has 0 aliphatic heterocycles. The molecule has 0 unspecified atom stereocenters. The third kappa shape index (κ3) is 6.56. The lowest BCUT2D eigenvalue weighted by molar-refractivity contribution is -0.149. The van der Waals surface area contributed by atoms with Crippen LogP contribution in [0.1, 0.15) is 29.0 Å². The van der Waals surface area contributed by atoms with Crippen molar-refractivity contribution in [3.63, 3.8) is 0 Å². The molecule has 5 heteroatoms. The van der Waals surface area contributed by atoms with Gasteiger partial charge in [0.15, 0.2) is 0 Å². The van der Waals surface area contributed by atoms with Gasteiger partial charge in [0.25, 0.3) is 0 Å². The van der Waals surface area contributed by atoms with E-state index >= 15 is 0 Å². The maximum absolute atomic E-state index is 13.6. The number of hydrogen-bond acceptors (Lipinski definition) is 3. The first-order chi connectivity index (χ1) is 16.0. The Bertz CT molecular complexity index is 1010. The second kappa shape index (κ2) is 11.7. The monoisotopic (exact) mass is 442 g/mol. The lowest BCUT2D eigenvalue weighted by atomic mass is 9.89. The first-order valence-corrected chi connectivity index (χ1v) is 11.0. The Balaban J connectivity index is 1.71. The topological polar surface area (TPSA) is 69.6 Å². The van der Waals surface area contributed by atoms with Crippen molar-refractivity contribution in [3.8, 4) is 0 Å². The second-order valence-corrected chi connectivity index (χ2v) is 8.03. The average Bonchev–Trinajstić information content (AvgIpc) is 2.84. The number of carboxylic acid groups (broad SMARTS) is 1. The number of benzene rings is 3. The van der Waals surface area contributed by atoms with Crippen LogP contribution in [-0.4, -0.2) is 41.5 Å². The summed E-state index contributed by atoms with van der Waals surface area (Å²) in [6.07, 6.45) is 0.930. The summed E-state index contributed by atoms with van der Waals surface area (Å²) < 4.78 is 0. The molecule has 0 radical (unpaired) electrons. The molecule has 170 valence electrons. The molecule has 0 heterocycles. The van der Waals surface area contributed by atoms with Gasteiger partial charge in [-0.15, -0.1) is 0 Å². The van der Waals surface area contributed by atoms with Crippen LogP contribution >= 0.6 is 0 Å². The van der Waals surface area contributed by atoms with Gasteiger partial charge in [-0.3, -0.25) is 4.79 Å². The molecule has 0 bridgehead atoms. The Hall–Kier alpha value is -3.86. The number of nitrogens with zero attached hydrogens (tertiary/aromatic N) is 1. The Kier molecular flexibility index (Phi) is 8.42. The molecule has 3 aromatic carbocycles. The summed E-state index contributed by atoms with van der Waals surface area (Å²) in [6.45, 7) is 4.64. The smallest absolute Gasteiger partial charge is 0.326 e. The molecule has 1 atom stereocenters. The fraction of sp³-hybridized carbons (Fsp3) is 0.214. The minimum absolute atomic E-state index is 0.128. The van der Waals surface area contributed by atoms with Crippen LogP contribution in [0.2, 0.25) is 0 Å². The van der Waals surface area contributed by atoms with E-state index in [9.17, 15) is 14.7 Å². The number of rotatable bonds is 11. The SMILES string of the molecule is C=C(C[C@@H](C(=O)O)N(C)C(=O)C(c1ccccc1)c1ccccc1)NCCc1ccccc1. The lowest BCUT2D eigenvalue weighted by Gasteiger charge is -2.30. The van der Waals surface area contributed by atoms with E-state index in [0.29, 0.717) is 12.2 Å². The van der Waals surface area contributed by atoms with E-state index in [1.165, 1.54) is 10.5 Å². The van der Waals surface area contributed by atoms with Gasteiger partial charge in [-0.1, -0.05) is 97.6 Å². The molecule has 0 aliphatic carbocycles. The van der Waals surface area contributed by atoms with Crippen LogP contribution in [0.15, 0.2) is 103 Å². The zero-order chi connectivity index (χ0) is 23.6. The van der Waals surface area contributed by atoms with E-state index in [1.807, 2.05) is 91.0 Å². The Morgan fingerprint density at radius 1 is 0.879 bits per heavy atom. The Morgan fingerprint density at radius 3 is 1.85 bits per heavy atom. The van der Waals surface area contributed by atoms with Gasteiger partial charge in [-0.2, -0.15) is 0 Å². The zero-order valence-corrected chi connectivity index (χ0v) is 18.9. The van der Waals surface area contributed by atoms with Gasteiger partial charge >= 0.3 is 5.97 Å². The number of carboxylic acids is 1. The summed E-state index contributed by atoms with van der Waals surface area (Å²) in [7, 11) is 1.55. The van der Waals surface area contributed by atoms with E-state index < -0.39 is 17.9 Å². The van der Waals surface area contributed by atoms with E-state index in [2.05, 4.69) is 11.9 Å². The normalized spacial score (nSPS) is 11.6. The van der Waals surface area contributed by atoms with Crippen LogP contribution in [0.4, 0.5) is 0 Å². The molecule has 0 saturated carbocycles. The molecule has 1 amide bonds. The highest BCUT2D eigenvalue weighted by molar-refractivity contribution is 5.90. The number of hydrogen-bond donors (Lipinski definition) is 2. The number of nitrogens with one attached hydrogen (secondary N) is 1. The van der Waals surface area contributed by atoms with Crippen LogP contribution in [-0.2, 0) is 16.0 Å². The van der Waals surface area contributed by atoms with Gasteiger partial charge in [0, 0.05) is 25.7 Å². The predicted molar refractivity (Wildman–Crippen MR) is 131 cm³/mol. The van der Waals surface area contributed by atoms with Gasteiger partial charge in [-0.05, 0) is 23.1 Å². The van der Waals surface area contributed by atoms with Crippen molar-refractivity contribution in [2.24, 2.45) is 0 Å². The van der Waals surface area contributed by atoms with Crippen molar-refractivity contribution in [3.05, 3.63) is 120 Å². The molecule has 0 aliphatic rings. The van der Waals surface area contributed by atoms with Gasteiger partial charge in [0.05, 0.1) is 5.92 Å². The summed E-state index contributed by atoms with van der Waals surface area (Å²) in [6, 6.07) is 27.9. The van der Waals surface area contributed by atoms with Crippen LogP contribution in [0, 0.1) is 0 Å². The highest BCUT2D eigenvalue weighted by Gasteiger charge is 2.33. The number of likely N-dealkylation sites (N-methyl/N-ethyl adjacent to an activating group) is 1. The van der Waals surface area contributed by atoms with E-state index in [0.717, 1.165) is 17.5 Å². The number of carbonyl (C=O) groups excluding carboxylic acids is 1. The summed E-state index contributed by atoms with van der Waals surface area (Å²) in [5.74, 6) is -1.91. The minimum Gasteiger partial charge on any atom is -0.480 e. The molecular weight excluding hydrogens is 412 g/mol. The largest absolute Gasteiger partial charge is 0.480 e. The summed E-state index contributed by atoms with van der Waals surface area (Å²) in [5, 5.41) is 13.1. The zero-order valence-electron chi connectivity index (χ0n) is 18.9. The van der Waals surface area contributed by atoms with E-state index in [1.54, 1.807) is 7.05 Å². The molecule has 0 fully saturated rings. The molecular formula is C28H30N2O3. The predicted octanol–water partition coefficient (Wildman–Crippen LogP) is 4.47. The summed E-state index contributed by atoms with van der Waals surface area (Å²) in [5.41, 5.74) is 3.43. The van der Waals surface area contributed by atoms with Crippen molar-refractivity contribution in [2.75, 3.05) is 13.6 Å². The Morgan fingerprint density at radius 2 is 1.36 bits per heavy atom. The quantitative estimate of drug-likeness (QED) is 0.460. The summed E-state index contributed by atoms with van der Waals surface area (Å²) >= 11 is 0. The van der Waals surface area contributed by atoms with Crippen LogP contribution < -0.4 is 5.32 Å². The highest BCUT2D eigenvalue weighted by atomic mass is 16.4. The van der Waals surface area contributed by atoms with E-state index in [4.69, 9.17) is 0 Å². The molecule has 2 N–H and O–H groups in total. The fourth-order valence-corrected chi connectivity index (χ4v) is 3.85. The van der Waals surface area contributed by atoms with Gasteiger partial charge < -0.3 is 15.3 Å². The highest BCUT2D eigenvalue weighted by Crippen LogP contribution is 2.27. The maximum Gasteiger partial charge on any atom is 0.326 e. The molecule has 3 rings (SSSR count). The Labute approximate surface area is 195 Å². The first kappa shape index (κ1) is 23.8. The van der Waals surface area contributed by atoms with Crippen molar-refractivity contribution in [1.29, 1.82) is 0 Å². The minimum atomic E-state index is -1.06. The molecule has 0 spiro atoms. The lowest BCUT2D eigenvalue weighted by Crippen LogP contribution is -2.45. The molecule has 0 aromatic heterocycles. The van der Waals surface area contributed by atoms with Gasteiger partial charge in [0.2, 0.25) is 5.91 Å². The molecule has 5 nitrogen and oxygen atoms in total. The van der Waals surface area contributed by atoms with Gasteiger partial charge in [-0.25, -0.2) is 4.79 Å². The molecule has 33 heavy (non-hydrogen) atoms. The number of aliphatic carboxylic acids is 1. The molecule has 3 aromatic rings. The molecule has 0 saturated heterocycles. The van der Waals surface area contributed by atoms with Crippen molar-refractivity contribution >= 4 is 11.9 Å². The van der Waals surface area contributed by atoms with Gasteiger partial charge in [0.1, 0.15) is 6.04 Å². The maximum atomic E-state index is 13.6. The third-order valence-corrected chi connectivity index (χ3v) is 5.68. The van der Waals surface area contributed by atoms with Crippen molar-refractivity contribution in [1.82, 2.24) is 10.2 Å². The van der Waals surface area contributed by atoms with Crippen LogP contribution in [0.3, 0.4) is 0 Å². The first-order valence-electron chi connectivity index (χ1n) is 11.0. The second-order valence-electron chi connectivity index (χ2n) is 8.03. The van der Waals surface area contributed by atoms with Crippen LogP contribution in [0.25, 0.3) is 0 Å². The number of amides is 1. The fourth-order valence-electron chi connectivity index (χ4n) is 3.85. The standard InChI is InChI=1S/C28H30N2O3/c1-21(29-19-18-22-12-6-3-7-13-22)20-25(28(32)33)30(2)27(31)26(23-14-8-4-9-15-23)24-16-10-5-11-17-24/h3-17,25-26,29H,1,18-20H2,2H3,(H,32,33)/t25-/m0/s1.